The number of alkyl halides is 1. The molecule has 1 aromatic carbocycles. The molecule has 0 spiro atoms. The normalized spacial score (nSPS) is 18.7. The van der Waals surface area contributed by atoms with Gasteiger partial charge in [0, 0.05) is 5.02 Å². The molecule has 0 bridgehead atoms. The molecule has 3 heteroatoms. The first-order valence-electron chi connectivity index (χ1n) is 5.19. The highest BCUT2D eigenvalue weighted by atomic mass is 35.5. The summed E-state index contributed by atoms with van der Waals surface area (Å²) in [5.74, 6) is 0.246. The summed E-state index contributed by atoms with van der Waals surface area (Å²) >= 11 is 12.3. The molecular formula is C12H13Cl2F. The molecule has 0 aliphatic heterocycles. The van der Waals surface area contributed by atoms with Crippen LogP contribution in [0.25, 0.3) is 0 Å². The van der Waals surface area contributed by atoms with Crippen molar-refractivity contribution in [1.82, 2.24) is 0 Å². The van der Waals surface area contributed by atoms with E-state index in [1.54, 1.807) is 13.0 Å². The SMILES string of the molecule is Cc1cc(C(Cl)C2CCC2)c(Cl)cc1F. The Kier molecular flexibility index (Phi) is 3.22. The molecule has 0 aromatic heterocycles. The number of benzene rings is 1. The van der Waals surface area contributed by atoms with Gasteiger partial charge in [0.1, 0.15) is 5.82 Å². The predicted molar refractivity (Wildman–Crippen MR) is 62.1 cm³/mol. The fourth-order valence-electron chi connectivity index (χ4n) is 1.88. The molecule has 1 saturated carbocycles. The largest absolute Gasteiger partial charge is 0.207 e. The zero-order chi connectivity index (χ0) is 11.0. The Hall–Kier alpha value is -0.270. The Morgan fingerprint density at radius 3 is 2.60 bits per heavy atom. The van der Waals surface area contributed by atoms with Crippen LogP contribution in [0, 0.1) is 18.7 Å². The monoisotopic (exact) mass is 246 g/mol. The number of hydrogen-bond donors (Lipinski definition) is 0. The summed E-state index contributed by atoms with van der Waals surface area (Å²) in [5, 5.41) is 0.385. The van der Waals surface area contributed by atoms with Crippen LogP contribution < -0.4 is 0 Å². The summed E-state index contributed by atoms with van der Waals surface area (Å²) in [7, 11) is 0. The fraction of sp³-hybridized carbons (Fsp3) is 0.500. The molecule has 15 heavy (non-hydrogen) atoms. The van der Waals surface area contributed by atoms with Crippen molar-refractivity contribution >= 4 is 23.2 Å². The van der Waals surface area contributed by atoms with Crippen molar-refractivity contribution in [2.45, 2.75) is 31.6 Å². The Labute approximate surface area is 99.4 Å². The maximum atomic E-state index is 13.2. The molecule has 0 heterocycles. The smallest absolute Gasteiger partial charge is 0.127 e. The zero-order valence-corrected chi connectivity index (χ0v) is 10.1. The quantitative estimate of drug-likeness (QED) is 0.654. The molecule has 0 N–H and O–H groups in total. The first kappa shape index (κ1) is 11.2. The number of halogens is 3. The van der Waals surface area contributed by atoms with Crippen molar-refractivity contribution in [1.29, 1.82) is 0 Å². The lowest BCUT2D eigenvalue weighted by Gasteiger charge is -2.30. The van der Waals surface area contributed by atoms with Gasteiger partial charge in [0.15, 0.2) is 0 Å². The second kappa shape index (κ2) is 4.31. The fourth-order valence-corrected chi connectivity index (χ4v) is 2.63. The van der Waals surface area contributed by atoms with Crippen molar-refractivity contribution in [3.8, 4) is 0 Å². The van der Waals surface area contributed by atoms with Gasteiger partial charge in [-0.15, -0.1) is 11.6 Å². The van der Waals surface area contributed by atoms with Crippen LogP contribution in [0.15, 0.2) is 12.1 Å². The second-order valence-corrected chi connectivity index (χ2v) is 5.09. The van der Waals surface area contributed by atoms with Crippen molar-refractivity contribution < 1.29 is 4.39 Å². The third-order valence-electron chi connectivity index (χ3n) is 3.14. The van der Waals surface area contributed by atoms with Crippen LogP contribution in [0.2, 0.25) is 5.02 Å². The molecule has 1 aliphatic carbocycles. The molecule has 1 atom stereocenters. The van der Waals surface area contributed by atoms with Gasteiger partial charge >= 0.3 is 0 Å². The predicted octanol–water partition coefficient (Wildman–Crippen LogP) is 4.87. The van der Waals surface area contributed by atoms with Gasteiger partial charge in [-0.2, -0.15) is 0 Å². The summed E-state index contributed by atoms with van der Waals surface area (Å²) in [5.41, 5.74) is 1.49. The van der Waals surface area contributed by atoms with E-state index in [-0.39, 0.29) is 11.2 Å². The van der Waals surface area contributed by atoms with E-state index in [0.717, 1.165) is 18.4 Å². The molecule has 0 radical (unpaired) electrons. The van der Waals surface area contributed by atoms with Crippen LogP contribution in [-0.4, -0.2) is 0 Å². The number of hydrogen-bond acceptors (Lipinski definition) is 0. The van der Waals surface area contributed by atoms with E-state index in [4.69, 9.17) is 23.2 Å². The minimum Gasteiger partial charge on any atom is -0.207 e. The van der Waals surface area contributed by atoms with Gasteiger partial charge in [-0.05, 0) is 42.9 Å². The number of aryl methyl sites for hydroxylation is 1. The highest BCUT2D eigenvalue weighted by Crippen LogP contribution is 2.44. The molecule has 1 unspecified atom stereocenters. The van der Waals surface area contributed by atoms with E-state index in [9.17, 15) is 4.39 Å². The highest BCUT2D eigenvalue weighted by molar-refractivity contribution is 6.32. The maximum absolute atomic E-state index is 13.2. The molecule has 0 amide bonds. The minimum absolute atomic E-state index is 0.0643. The summed E-state index contributed by atoms with van der Waals surface area (Å²) < 4.78 is 13.2. The Balaban J connectivity index is 2.30. The van der Waals surface area contributed by atoms with Crippen LogP contribution in [0.1, 0.15) is 35.8 Å². The average molecular weight is 247 g/mol. The van der Waals surface area contributed by atoms with E-state index in [0.29, 0.717) is 16.5 Å². The first-order chi connectivity index (χ1) is 7.09. The molecule has 82 valence electrons. The summed E-state index contributed by atoms with van der Waals surface area (Å²) in [6.45, 7) is 1.74. The molecule has 1 aliphatic rings. The molecule has 0 nitrogen and oxygen atoms in total. The minimum atomic E-state index is -0.263. The van der Waals surface area contributed by atoms with Gasteiger partial charge in [0.25, 0.3) is 0 Å². The lowest BCUT2D eigenvalue weighted by molar-refractivity contribution is 0.305. The second-order valence-electron chi connectivity index (χ2n) is 4.22. The van der Waals surface area contributed by atoms with Crippen molar-refractivity contribution in [2.24, 2.45) is 5.92 Å². The van der Waals surface area contributed by atoms with Crippen LogP contribution in [0.3, 0.4) is 0 Å². The van der Waals surface area contributed by atoms with Crippen LogP contribution in [0.5, 0.6) is 0 Å². The van der Waals surface area contributed by atoms with Crippen molar-refractivity contribution in [2.75, 3.05) is 0 Å². The van der Waals surface area contributed by atoms with Crippen LogP contribution >= 0.6 is 23.2 Å². The van der Waals surface area contributed by atoms with E-state index in [1.165, 1.54) is 12.5 Å². The maximum Gasteiger partial charge on any atom is 0.127 e. The molecular weight excluding hydrogens is 234 g/mol. The Bertz CT molecular complexity index is 372. The van der Waals surface area contributed by atoms with Gasteiger partial charge in [-0.1, -0.05) is 24.1 Å². The third-order valence-corrected chi connectivity index (χ3v) is 4.06. The summed E-state index contributed by atoms with van der Waals surface area (Å²) in [4.78, 5) is 0. The lowest BCUT2D eigenvalue weighted by atomic mass is 9.80. The molecule has 1 aromatic rings. The average Bonchev–Trinajstić information content (AvgIpc) is 2.08. The topological polar surface area (TPSA) is 0 Å². The van der Waals surface area contributed by atoms with E-state index in [1.807, 2.05) is 0 Å². The Morgan fingerprint density at radius 2 is 2.07 bits per heavy atom. The highest BCUT2D eigenvalue weighted by Gasteiger charge is 2.28. The van der Waals surface area contributed by atoms with Crippen LogP contribution in [-0.2, 0) is 0 Å². The first-order valence-corrected chi connectivity index (χ1v) is 6.00. The molecule has 1 fully saturated rings. The summed E-state index contributed by atoms with van der Waals surface area (Å²) in [6, 6.07) is 3.13. The molecule has 0 saturated heterocycles. The van der Waals surface area contributed by atoms with Gasteiger partial charge in [-0.25, -0.2) is 4.39 Å². The van der Waals surface area contributed by atoms with Crippen LogP contribution in [0.4, 0.5) is 4.39 Å². The molecule has 2 rings (SSSR count). The lowest BCUT2D eigenvalue weighted by Crippen LogP contribution is -2.17. The Morgan fingerprint density at radius 1 is 1.40 bits per heavy atom. The van der Waals surface area contributed by atoms with Crippen molar-refractivity contribution in [3.05, 3.63) is 34.1 Å². The van der Waals surface area contributed by atoms with E-state index < -0.39 is 0 Å². The van der Waals surface area contributed by atoms with Gasteiger partial charge in [0.2, 0.25) is 0 Å². The van der Waals surface area contributed by atoms with Crippen molar-refractivity contribution in [3.63, 3.8) is 0 Å². The van der Waals surface area contributed by atoms with E-state index >= 15 is 0 Å². The number of rotatable bonds is 2. The van der Waals surface area contributed by atoms with Gasteiger partial charge < -0.3 is 0 Å². The summed E-state index contributed by atoms with van der Waals surface area (Å²) in [6.07, 6.45) is 3.55. The van der Waals surface area contributed by atoms with Gasteiger partial charge in [0.05, 0.1) is 5.38 Å². The third kappa shape index (κ3) is 2.14. The standard InChI is InChI=1S/C12H13Cl2F/c1-7-5-9(10(13)6-11(7)15)12(14)8-3-2-4-8/h5-6,8,12H,2-4H2,1H3. The van der Waals surface area contributed by atoms with E-state index in [2.05, 4.69) is 0 Å². The van der Waals surface area contributed by atoms with Gasteiger partial charge in [-0.3, -0.25) is 0 Å². The zero-order valence-electron chi connectivity index (χ0n) is 8.56.